The van der Waals surface area contributed by atoms with Crippen LogP contribution in [0.3, 0.4) is 0 Å². The van der Waals surface area contributed by atoms with E-state index >= 15 is 0 Å². The lowest BCUT2D eigenvalue weighted by Crippen LogP contribution is -2.49. The van der Waals surface area contributed by atoms with Crippen LogP contribution in [0.2, 0.25) is 0 Å². The predicted octanol–water partition coefficient (Wildman–Crippen LogP) is 0.175. The molecule has 1 heterocycles. The number of ether oxygens (including phenoxy) is 1. The van der Waals surface area contributed by atoms with E-state index in [0.717, 1.165) is 0 Å². The van der Waals surface area contributed by atoms with E-state index in [1.165, 1.54) is 25.1 Å². The van der Waals surface area contributed by atoms with Gasteiger partial charge in [-0.05, 0) is 25.5 Å². The number of sulfone groups is 1. The van der Waals surface area contributed by atoms with E-state index in [9.17, 15) is 22.4 Å². The van der Waals surface area contributed by atoms with Gasteiger partial charge in [-0.3, -0.25) is 20.4 Å². The summed E-state index contributed by atoms with van der Waals surface area (Å²) >= 11 is 0. The molecule has 7 nitrogen and oxygen atoms in total. The number of carbonyl (C=O) groups excluding carboxylic acids is 2. The second kappa shape index (κ2) is 6.95. The maximum Gasteiger partial charge on any atom is 0.279 e. The summed E-state index contributed by atoms with van der Waals surface area (Å²) in [6.45, 7) is 1.40. The third kappa shape index (κ3) is 4.65. The number of hydrogen-bond donors (Lipinski definition) is 2. The molecule has 1 aliphatic rings. The normalized spacial score (nSPS) is 20.5. The average molecular weight is 344 g/mol. The van der Waals surface area contributed by atoms with Crippen molar-refractivity contribution < 1.29 is 27.1 Å². The number of benzene rings is 1. The van der Waals surface area contributed by atoms with Gasteiger partial charge in [0, 0.05) is 0 Å². The van der Waals surface area contributed by atoms with Crippen molar-refractivity contribution in [1.29, 1.82) is 0 Å². The molecule has 23 heavy (non-hydrogen) atoms. The van der Waals surface area contributed by atoms with Gasteiger partial charge in [0.15, 0.2) is 27.5 Å². The maximum absolute atomic E-state index is 13.4. The molecule has 0 saturated carbocycles. The lowest BCUT2D eigenvalue weighted by atomic mass is 10.1. The van der Waals surface area contributed by atoms with E-state index in [1.807, 2.05) is 0 Å². The van der Waals surface area contributed by atoms with Gasteiger partial charge in [0.25, 0.3) is 5.91 Å². The molecule has 0 unspecified atom stereocenters. The van der Waals surface area contributed by atoms with Crippen LogP contribution in [0.4, 0.5) is 4.39 Å². The van der Waals surface area contributed by atoms with Gasteiger partial charge in [-0.15, -0.1) is 0 Å². The van der Waals surface area contributed by atoms with Crippen molar-refractivity contribution in [1.82, 2.24) is 10.9 Å². The van der Waals surface area contributed by atoms with Gasteiger partial charge in [-0.2, -0.15) is 0 Å². The quantitative estimate of drug-likeness (QED) is 0.759. The van der Waals surface area contributed by atoms with E-state index in [0.29, 0.717) is 0 Å². The largest absolute Gasteiger partial charge is 0.478 e. The first-order valence-electron chi connectivity index (χ1n) is 7.00. The van der Waals surface area contributed by atoms with Crippen molar-refractivity contribution in [2.24, 2.45) is 5.92 Å². The number of rotatable bonds is 4. The zero-order valence-electron chi connectivity index (χ0n) is 12.4. The third-order valence-electron chi connectivity index (χ3n) is 3.42. The molecule has 2 atom stereocenters. The Labute approximate surface area is 133 Å². The fourth-order valence-corrected chi connectivity index (χ4v) is 3.85. The van der Waals surface area contributed by atoms with E-state index in [2.05, 4.69) is 10.9 Å². The van der Waals surface area contributed by atoms with Crippen LogP contribution in [0.15, 0.2) is 24.3 Å². The minimum atomic E-state index is -3.18. The highest BCUT2D eigenvalue weighted by atomic mass is 32.2. The highest BCUT2D eigenvalue weighted by Gasteiger charge is 2.33. The number of para-hydroxylation sites is 1. The Hall–Kier alpha value is -2.16. The highest BCUT2D eigenvalue weighted by Crippen LogP contribution is 2.18. The van der Waals surface area contributed by atoms with Crippen LogP contribution in [0.5, 0.6) is 5.75 Å². The van der Waals surface area contributed by atoms with Gasteiger partial charge in [-0.1, -0.05) is 12.1 Å². The summed E-state index contributed by atoms with van der Waals surface area (Å²) in [4.78, 5) is 23.6. The first-order chi connectivity index (χ1) is 10.8. The number of nitrogens with one attached hydrogen (secondary N) is 2. The van der Waals surface area contributed by atoms with Crippen LogP contribution in [0.1, 0.15) is 13.3 Å². The summed E-state index contributed by atoms with van der Waals surface area (Å²) in [7, 11) is -3.18. The molecule has 1 fully saturated rings. The van der Waals surface area contributed by atoms with Crippen LogP contribution >= 0.6 is 0 Å². The maximum atomic E-state index is 13.4. The van der Waals surface area contributed by atoms with Crippen molar-refractivity contribution in [2.75, 3.05) is 11.5 Å². The summed E-state index contributed by atoms with van der Waals surface area (Å²) < 4.78 is 41.2. The SMILES string of the molecule is C[C@@H](Oc1ccccc1F)C(=O)NNC(=O)[C@@H]1CCS(=O)(=O)C1. The molecule has 1 saturated heterocycles. The molecule has 9 heteroatoms. The van der Waals surface area contributed by atoms with E-state index in [-0.39, 0.29) is 23.7 Å². The Bertz CT molecular complexity index is 707. The molecule has 126 valence electrons. The Morgan fingerprint density at radius 3 is 2.61 bits per heavy atom. The molecular weight excluding hydrogens is 327 g/mol. The van der Waals surface area contributed by atoms with E-state index in [4.69, 9.17) is 4.74 Å². The number of hydrazine groups is 1. The molecule has 1 aromatic rings. The van der Waals surface area contributed by atoms with Crippen LogP contribution in [-0.4, -0.2) is 37.8 Å². The number of halogens is 1. The fraction of sp³-hybridized carbons (Fsp3) is 0.429. The van der Waals surface area contributed by atoms with E-state index in [1.54, 1.807) is 6.07 Å². The molecule has 0 radical (unpaired) electrons. The van der Waals surface area contributed by atoms with Gasteiger partial charge in [0.1, 0.15) is 0 Å². The molecule has 2 rings (SSSR count). The zero-order chi connectivity index (χ0) is 17.0. The Morgan fingerprint density at radius 1 is 1.30 bits per heavy atom. The minimum absolute atomic E-state index is 0.0359. The Kier molecular flexibility index (Phi) is 5.19. The Morgan fingerprint density at radius 2 is 2.00 bits per heavy atom. The fourth-order valence-electron chi connectivity index (χ4n) is 2.11. The summed E-state index contributed by atoms with van der Waals surface area (Å²) in [5.41, 5.74) is 4.31. The smallest absolute Gasteiger partial charge is 0.279 e. The zero-order valence-corrected chi connectivity index (χ0v) is 13.2. The van der Waals surface area contributed by atoms with Gasteiger partial charge in [0.05, 0.1) is 17.4 Å². The second-order valence-electron chi connectivity index (χ2n) is 5.27. The summed E-state index contributed by atoms with van der Waals surface area (Å²) in [5, 5.41) is 0. The van der Waals surface area contributed by atoms with Crippen molar-refractivity contribution in [3.8, 4) is 5.75 Å². The molecule has 0 aliphatic carbocycles. The number of amides is 2. The highest BCUT2D eigenvalue weighted by molar-refractivity contribution is 7.91. The molecular formula is C14H17FN2O5S. The predicted molar refractivity (Wildman–Crippen MR) is 79.5 cm³/mol. The molecule has 2 amide bonds. The standard InChI is InChI=1S/C14H17FN2O5S/c1-9(22-12-5-3-2-4-11(12)15)13(18)16-17-14(19)10-6-7-23(20,21)8-10/h2-5,9-10H,6-8H2,1H3,(H,16,18)(H,17,19)/t9-,10-/m1/s1. The first kappa shape index (κ1) is 17.2. The van der Waals surface area contributed by atoms with Gasteiger partial charge < -0.3 is 4.74 Å². The molecule has 1 aromatic carbocycles. The Balaban J connectivity index is 1.82. The van der Waals surface area contributed by atoms with Gasteiger partial charge in [0.2, 0.25) is 5.91 Å². The molecule has 0 bridgehead atoms. The third-order valence-corrected chi connectivity index (χ3v) is 5.19. The summed E-state index contributed by atoms with van der Waals surface area (Å²) in [6.07, 6.45) is -0.815. The molecule has 0 spiro atoms. The van der Waals surface area contributed by atoms with Gasteiger partial charge in [-0.25, -0.2) is 12.8 Å². The van der Waals surface area contributed by atoms with Crippen molar-refractivity contribution in [3.05, 3.63) is 30.1 Å². The van der Waals surface area contributed by atoms with Crippen LogP contribution in [-0.2, 0) is 19.4 Å². The number of carbonyl (C=O) groups is 2. The lowest BCUT2D eigenvalue weighted by Gasteiger charge is -2.16. The minimum Gasteiger partial charge on any atom is -0.478 e. The monoisotopic (exact) mass is 344 g/mol. The van der Waals surface area contributed by atoms with Crippen molar-refractivity contribution in [3.63, 3.8) is 0 Å². The van der Waals surface area contributed by atoms with Crippen molar-refractivity contribution in [2.45, 2.75) is 19.4 Å². The first-order valence-corrected chi connectivity index (χ1v) is 8.82. The molecule has 0 aromatic heterocycles. The summed E-state index contributed by atoms with van der Waals surface area (Å²) in [6, 6.07) is 5.62. The second-order valence-corrected chi connectivity index (χ2v) is 7.50. The van der Waals surface area contributed by atoms with E-state index < -0.39 is 39.5 Å². The van der Waals surface area contributed by atoms with Crippen LogP contribution in [0.25, 0.3) is 0 Å². The number of hydrogen-bond acceptors (Lipinski definition) is 5. The molecule has 2 N–H and O–H groups in total. The molecule has 1 aliphatic heterocycles. The van der Waals surface area contributed by atoms with Crippen LogP contribution < -0.4 is 15.6 Å². The summed E-state index contributed by atoms with van der Waals surface area (Å²) in [5.74, 6) is -2.87. The average Bonchev–Trinajstić information content (AvgIpc) is 2.87. The topological polar surface area (TPSA) is 102 Å². The lowest BCUT2D eigenvalue weighted by molar-refractivity contribution is -0.134. The van der Waals surface area contributed by atoms with Crippen LogP contribution in [0, 0.1) is 11.7 Å². The van der Waals surface area contributed by atoms with Crippen molar-refractivity contribution >= 4 is 21.7 Å². The van der Waals surface area contributed by atoms with Gasteiger partial charge >= 0.3 is 0 Å².